The summed E-state index contributed by atoms with van der Waals surface area (Å²) in [6.45, 7) is 6.35. The molecule has 0 spiro atoms. The van der Waals surface area contributed by atoms with Crippen LogP contribution in [-0.4, -0.2) is 41.5 Å². The van der Waals surface area contributed by atoms with Crippen molar-refractivity contribution in [1.29, 1.82) is 0 Å². The van der Waals surface area contributed by atoms with Gasteiger partial charge >= 0.3 is 0 Å². The van der Waals surface area contributed by atoms with Gasteiger partial charge in [-0.15, -0.1) is 10.2 Å². The summed E-state index contributed by atoms with van der Waals surface area (Å²) in [5.41, 5.74) is 1.92. The lowest BCUT2D eigenvalue weighted by atomic mass is 9.87. The number of nitrogens with zero attached hydrogens (tertiary/aromatic N) is 5. The molecule has 0 aliphatic rings. The van der Waals surface area contributed by atoms with E-state index in [-0.39, 0.29) is 22.5 Å². The third-order valence-corrected chi connectivity index (χ3v) is 4.49. The second-order valence-electron chi connectivity index (χ2n) is 7.59. The Balaban J connectivity index is 1.81. The first kappa shape index (κ1) is 19.2. The smallest absolute Gasteiger partial charge is 0.221 e. The van der Waals surface area contributed by atoms with Crippen LogP contribution in [0.25, 0.3) is 17.2 Å². The third kappa shape index (κ3) is 3.49. The van der Waals surface area contributed by atoms with Crippen molar-refractivity contribution in [3.63, 3.8) is 0 Å². The van der Waals surface area contributed by atoms with Crippen LogP contribution in [-0.2, 0) is 10.2 Å². The fraction of sp³-hybridized carbons (Fsp3) is 0.190. The van der Waals surface area contributed by atoms with Crippen molar-refractivity contribution in [2.45, 2.75) is 26.2 Å². The Bertz CT molecular complexity index is 1260. The van der Waals surface area contributed by atoms with E-state index in [4.69, 9.17) is 4.74 Å². The maximum Gasteiger partial charge on any atom is 0.221 e. The Morgan fingerprint density at radius 2 is 1.93 bits per heavy atom. The summed E-state index contributed by atoms with van der Waals surface area (Å²) in [7, 11) is 0. The maximum atomic E-state index is 12.4. The number of benzene rings is 1. The molecule has 4 rings (SSSR count). The molecule has 1 N–H and O–H groups in total. The summed E-state index contributed by atoms with van der Waals surface area (Å²) in [5.74, 6) is 1.91. The average molecular weight is 402 g/mol. The normalized spacial score (nSPS) is 11.3. The topological polar surface area (TPSA) is 115 Å². The van der Waals surface area contributed by atoms with E-state index in [1.807, 2.05) is 24.3 Å². The van der Waals surface area contributed by atoms with E-state index < -0.39 is 5.78 Å². The van der Waals surface area contributed by atoms with Crippen LogP contribution >= 0.6 is 0 Å². The Morgan fingerprint density at radius 1 is 1.17 bits per heavy atom. The second kappa shape index (κ2) is 7.38. The van der Waals surface area contributed by atoms with Gasteiger partial charge in [-0.3, -0.25) is 14.9 Å². The lowest BCUT2D eigenvalue weighted by molar-refractivity contribution is 0.104. The van der Waals surface area contributed by atoms with E-state index in [0.29, 0.717) is 17.3 Å². The highest BCUT2D eigenvalue weighted by Gasteiger charge is 2.24. The largest absolute Gasteiger partial charge is 0.451 e. The van der Waals surface area contributed by atoms with Gasteiger partial charge in [0.1, 0.15) is 17.4 Å². The minimum absolute atomic E-state index is 0.00557. The molecular formula is C21H18N6O3. The minimum atomic E-state index is -0.595. The van der Waals surface area contributed by atoms with Crippen molar-refractivity contribution in [3.8, 4) is 23.0 Å². The fourth-order valence-electron chi connectivity index (χ4n) is 2.92. The van der Waals surface area contributed by atoms with Gasteiger partial charge in [0.25, 0.3) is 0 Å². The molecule has 1 aromatic carbocycles. The second-order valence-corrected chi connectivity index (χ2v) is 7.59. The summed E-state index contributed by atoms with van der Waals surface area (Å²) in [4.78, 5) is 31.4. The molecule has 0 atom stereocenters. The van der Waals surface area contributed by atoms with Gasteiger partial charge in [0.2, 0.25) is 23.0 Å². The van der Waals surface area contributed by atoms with E-state index >= 15 is 0 Å². The van der Waals surface area contributed by atoms with Crippen molar-refractivity contribution in [2.24, 2.45) is 0 Å². The molecule has 3 heterocycles. The van der Waals surface area contributed by atoms with Crippen LogP contribution in [0, 0.1) is 0 Å². The summed E-state index contributed by atoms with van der Waals surface area (Å²) in [6.07, 6.45) is 5.37. The number of H-pyrrole nitrogens is 1. The Hall–Kier alpha value is -4.10. The van der Waals surface area contributed by atoms with Gasteiger partial charge in [0.05, 0.1) is 12.3 Å². The quantitative estimate of drug-likeness (QED) is 0.310. The molecule has 30 heavy (non-hydrogen) atoms. The van der Waals surface area contributed by atoms with Crippen molar-refractivity contribution in [3.05, 3.63) is 60.2 Å². The van der Waals surface area contributed by atoms with E-state index in [2.05, 4.69) is 46.0 Å². The zero-order valence-electron chi connectivity index (χ0n) is 16.6. The van der Waals surface area contributed by atoms with Gasteiger partial charge in [-0.2, -0.15) is 0 Å². The van der Waals surface area contributed by atoms with Crippen LogP contribution in [0.4, 0.5) is 0 Å². The zero-order chi connectivity index (χ0) is 21.3. The molecule has 0 saturated carbocycles. The van der Waals surface area contributed by atoms with E-state index in [1.54, 1.807) is 0 Å². The van der Waals surface area contributed by atoms with Gasteiger partial charge in [-0.1, -0.05) is 32.9 Å². The highest BCUT2D eigenvalue weighted by atomic mass is 16.5. The van der Waals surface area contributed by atoms with Crippen LogP contribution < -0.4 is 4.74 Å². The average Bonchev–Trinajstić information content (AvgIpc) is 3.29. The number of aromatic amines is 1. The molecule has 0 unspecified atom stereocenters. The van der Waals surface area contributed by atoms with E-state index in [1.165, 1.54) is 29.0 Å². The first-order chi connectivity index (χ1) is 14.4. The third-order valence-electron chi connectivity index (χ3n) is 4.49. The molecule has 0 aliphatic heterocycles. The molecule has 0 fully saturated rings. The molecule has 0 amide bonds. The molecule has 4 aromatic rings. The van der Waals surface area contributed by atoms with Gasteiger partial charge in [0.15, 0.2) is 5.69 Å². The van der Waals surface area contributed by atoms with Crippen molar-refractivity contribution >= 4 is 17.4 Å². The summed E-state index contributed by atoms with van der Waals surface area (Å²) >= 11 is 0. The van der Waals surface area contributed by atoms with Crippen molar-refractivity contribution < 1.29 is 14.3 Å². The predicted molar refractivity (Wildman–Crippen MR) is 108 cm³/mol. The number of rotatable bonds is 5. The first-order valence-corrected chi connectivity index (χ1v) is 9.15. The molecule has 0 bridgehead atoms. The predicted octanol–water partition coefficient (Wildman–Crippen LogP) is 3.17. The molecular weight excluding hydrogens is 384 g/mol. The number of allylic oxidation sites excluding steroid dienone is 1. The lowest BCUT2D eigenvalue weighted by Gasteiger charge is -2.19. The number of ether oxygens (including phenoxy) is 1. The first-order valence-electron chi connectivity index (χ1n) is 9.15. The van der Waals surface area contributed by atoms with Gasteiger partial charge in [-0.25, -0.2) is 14.3 Å². The van der Waals surface area contributed by atoms with E-state index in [9.17, 15) is 9.59 Å². The number of nitrogens with one attached hydrogen (secondary N) is 1. The maximum absolute atomic E-state index is 12.4. The highest BCUT2D eigenvalue weighted by Crippen LogP contribution is 2.33. The fourth-order valence-corrected chi connectivity index (χ4v) is 2.92. The SMILES string of the molecule is CC(C)(C)c1ccc(Oc2c(C(=O)C=C=O)[nH]n3c(-c4cnccn4)nnc23)cc1. The van der Waals surface area contributed by atoms with Crippen LogP contribution in [0.2, 0.25) is 0 Å². The van der Waals surface area contributed by atoms with Crippen LogP contribution in [0.3, 0.4) is 0 Å². The molecule has 0 aliphatic carbocycles. The standard InChI is InChI=1S/C21H18N6O3/c1-21(2,3)13-4-6-14(7-5-13)30-18-17(16(29)8-11-28)26-27-19(24-25-20(18)27)15-12-22-9-10-23-15/h4-10,12,26H,1-3H3. The number of carbonyl (C=O) groups is 1. The van der Waals surface area contributed by atoms with Crippen molar-refractivity contribution in [1.82, 2.24) is 29.8 Å². The monoisotopic (exact) mass is 402 g/mol. The Labute approximate surface area is 171 Å². The zero-order valence-corrected chi connectivity index (χ0v) is 16.6. The van der Waals surface area contributed by atoms with Gasteiger partial charge in [0, 0.05) is 12.4 Å². The minimum Gasteiger partial charge on any atom is -0.451 e. The van der Waals surface area contributed by atoms with Crippen LogP contribution in [0.5, 0.6) is 11.5 Å². The summed E-state index contributed by atoms with van der Waals surface area (Å²) in [5, 5.41) is 11.1. The number of ketones is 1. The highest BCUT2D eigenvalue weighted by molar-refractivity contribution is 6.10. The molecule has 9 nitrogen and oxygen atoms in total. The molecule has 0 saturated heterocycles. The summed E-state index contributed by atoms with van der Waals surface area (Å²) in [6, 6.07) is 7.54. The number of fused-ring (bicyclic) bond motifs is 1. The molecule has 9 heteroatoms. The number of hydrogen-bond donors (Lipinski definition) is 1. The van der Waals surface area contributed by atoms with Gasteiger partial charge < -0.3 is 4.74 Å². The number of carbonyl (C=O) groups excluding carboxylic acids is 2. The van der Waals surface area contributed by atoms with Gasteiger partial charge in [-0.05, 0) is 23.1 Å². The number of hydrogen-bond acceptors (Lipinski definition) is 7. The Morgan fingerprint density at radius 3 is 2.57 bits per heavy atom. The summed E-state index contributed by atoms with van der Waals surface area (Å²) < 4.78 is 7.45. The molecule has 150 valence electrons. The molecule has 3 aromatic heterocycles. The lowest BCUT2D eigenvalue weighted by Crippen LogP contribution is -2.10. The Kier molecular flexibility index (Phi) is 4.73. The van der Waals surface area contributed by atoms with E-state index in [0.717, 1.165) is 11.6 Å². The van der Waals surface area contributed by atoms with Crippen LogP contribution in [0.1, 0.15) is 36.8 Å². The van der Waals surface area contributed by atoms with Crippen molar-refractivity contribution in [2.75, 3.05) is 0 Å². The van der Waals surface area contributed by atoms with Crippen LogP contribution in [0.15, 0.2) is 48.9 Å². The molecule has 0 radical (unpaired) electrons. The number of aromatic nitrogens is 6.